The minimum atomic E-state index is -0.796. The van der Waals surface area contributed by atoms with Crippen molar-refractivity contribution in [1.82, 2.24) is 0 Å². The van der Waals surface area contributed by atoms with Gasteiger partial charge in [0.2, 0.25) is 0 Å². The fourth-order valence-electron chi connectivity index (χ4n) is 2.92. The number of benzene rings is 2. The third-order valence-electron chi connectivity index (χ3n) is 4.04. The highest BCUT2D eigenvalue weighted by atomic mass is 16.4. The molecule has 1 N–H and O–H groups in total. The van der Waals surface area contributed by atoms with Crippen molar-refractivity contribution >= 4 is 16.7 Å². The highest BCUT2D eigenvalue weighted by Gasteiger charge is 2.17. The Morgan fingerprint density at radius 1 is 1.05 bits per heavy atom. The summed E-state index contributed by atoms with van der Waals surface area (Å²) in [5.41, 5.74) is 2.80. The summed E-state index contributed by atoms with van der Waals surface area (Å²) in [5.74, 6) is -0.796. The molecule has 0 heterocycles. The van der Waals surface area contributed by atoms with Gasteiger partial charge in [-0.1, -0.05) is 57.0 Å². The van der Waals surface area contributed by atoms with Gasteiger partial charge in [-0.05, 0) is 47.6 Å². The van der Waals surface area contributed by atoms with Crippen LogP contribution in [0.5, 0.6) is 0 Å². The van der Waals surface area contributed by atoms with Crippen molar-refractivity contribution in [3.05, 3.63) is 47.0 Å². The minimum Gasteiger partial charge on any atom is -0.478 e. The van der Waals surface area contributed by atoms with Gasteiger partial charge in [-0.15, -0.1) is 0 Å². The number of aryl methyl sites for hydroxylation is 1. The molecule has 0 fully saturated rings. The zero-order valence-corrected chi connectivity index (χ0v) is 13.0. The highest BCUT2D eigenvalue weighted by molar-refractivity contribution is 6.05. The fraction of sp³-hybridized carbons (Fsp3) is 0.421. The number of hydrogen-bond acceptors (Lipinski definition) is 1. The van der Waals surface area contributed by atoms with Crippen molar-refractivity contribution in [1.29, 1.82) is 0 Å². The first-order valence-electron chi connectivity index (χ1n) is 7.95. The minimum absolute atomic E-state index is 0.521. The smallest absolute Gasteiger partial charge is 0.336 e. The molecule has 0 aliphatic carbocycles. The number of carboxylic acid groups (broad SMARTS) is 1. The van der Waals surface area contributed by atoms with Crippen molar-refractivity contribution in [2.24, 2.45) is 0 Å². The SMILES string of the molecule is CCCCc1cc2ccccc2c(C(=O)O)c1CCCC. The van der Waals surface area contributed by atoms with Crippen molar-refractivity contribution in [3.63, 3.8) is 0 Å². The van der Waals surface area contributed by atoms with Crippen LogP contribution >= 0.6 is 0 Å². The largest absolute Gasteiger partial charge is 0.478 e. The van der Waals surface area contributed by atoms with Gasteiger partial charge in [-0.25, -0.2) is 4.79 Å². The zero-order chi connectivity index (χ0) is 15.2. The summed E-state index contributed by atoms with van der Waals surface area (Å²) in [4.78, 5) is 11.8. The normalized spacial score (nSPS) is 11.0. The van der Waals surface area contributed by atoms with E-state index in [2.05, 4.69) is 19.9 Å². The number of rotatable bonds is 7. The van der Waals surface area contributed by atoms with Gasteiger partial charge in [-0.3, -0.25) is 0 Å². The molecule has 2 aromatic carbocycles. The molecular formula is C19H24O2. The van der Waals surface area contributed by atoms with E-state index in [4.69, 9.17) is 0 Å². The van der Waals surface area contributed by atoms with E-state index in [0.717, 1.165) is 54.9 Å². The molecule has 0 aromatic heterocycles. The van der Waals surface area contributed by atoms with Gasteiger partial charge in [0.25, 0.3) is 0 Å². The van der Waals surface area contributed by atoms with Crippen molar-refractivity contribution in [3.8, 4) is 0 Å². The average Bonchev–Trinajstić information content (AvgIpc) is 2.49. The monoisotopic (exact) mass is 284 g/mol. The van der Waals surface area contributed by atoms with E-state index in [-0.39, 0.29) is 0 Å². The Labute approximate surface area is 126 Å². The lowest BCUT2D eigenvalue weighted by atomic mass is 9.89. The van der Waals surface area contributed by atoms with E-state index in [9.17, 15) is 9.90 Å². The molecule has 0 saturated carbocycles. The van der Waals surface area contributed by atoms with Crippen LogP contribution < -0.4 is 0 Å². The quantitative estimate of drug-likeness (QED) is 0.756. The Kier molecular flexibility index (Phi) is 5.38. The zero-order valence-electron chi connectivity index (χ0n) is 13.0. The van der Waals surface area contributed by atoms with Crippen LogP contribution in [0.3, 0.4) is 0 Å². The molecule has 2 rings (SSSR count). The second-order valence-electron chi connectivity index (χ2n) is 5.62. The van der Waals surface area contributed by atoms with Gasteiger partial charge in [0.05, 0.1) is 5.56 Å². The van der Waals surface area contributed by atoms with E-state index in [0.29, 0.717) is 5.56 Å². The van der Waals surface area contributed by atoms with Crippen molar-refractivity contribution in [2.45, 2.75) is 52.4 Å². The second kappa shape index (κ2) is 7.26. The topological polar surface area (TPSA) is 37.3 Å². The average molecular weight is 284 g/mol. The predicted molar refractivity (Wildman–Crippen MR) is 88.1 cm³/mol. The first kappa shape index (κ1) is 15.6. The van der Waals surface area contributed by atoms with Crippen LogP contribution in [0.2, 0.25) is 0 Å². The van der Waals surface area contributed by atoms with Crippen LogP contribution in [0.4, 0.5) is 0 Å². The molecule has 112 valence electrons. The summed E-state index contributed by atoms with van der Waals surface area (Å²) >= 11 is 0. The number of aromatic carboxylic acids is 1. The summed E-state index contributed by atoms with van der Waals surface area (Å²) in [5, 5.41) is 11.6. The molecule has 0 radical (unpaired) electrons. The summed E-state index contributed by atoms with van der Waals surface area (Å²) in [6.07, 6.45) is 6.19. The van der Waals surface area contributed by atoms with E-state index in [1.54, 1.807) is 0 Å². The van der Waals surface area contributed by atoms with E-state index >= 15 is 0 Å². The van der Waals surface area contributed by atoms with E-state index < -0.39 is 5.97 Å². The fourth-order valence-corrected chi connectivity index (χ4v) is 2.92. The molecule has 21 heavy (non-hydrogen) atoms. The summed E-state index contributed by atoms with van der Waals surface area (Å²) in [7, 11) is 0. The maximum atomic E-state index is 11.8. The van der Waals surface area contributed by atoms with Crippen LogP contribution in [-0.4, -0.2) is 11.1 Å². The Morgan fingerprint density at radius 3 is 2.38 bits per heavy atom. The highest BCUT2D eigenvalue weighted by Crippen LogP contribution is 2.28. The van der Waals surface area contributed by atoms with Crippen LogP contribution in [0.15, 0.2) is 30.3 Å². The third-order valence-corrected chi connectivity index (χ3v) is 4.04. The van der Waals surface area contributed by atoms with E-state index in [1.165, 1.54) is 5.56 Å². The third kappa shape index (κ3) is 3.44. The predicted octanol–water partition coefficient (Wildman–Crippen LogP) is 5.22. The molecule has 0 aliphatic heterocycles. The lowest BCUT2D eigenvalue weighted by Gasteiger charge is -2.15. The second-order valence-corrected chi connectivity index (χ2v) is 5.62. The van der Waals surface area contributed by atoms with E-state index in [1.807, 2.05) is 24.3 Å². The molecule has 0 spiro atoms. The van der Waals surface area contributed by atoms with Crippen molar-refractivity contribution in [2.75, 3.05) is 0 Å². The lowest BCUT2D eigenvalue weighted by molar-refractivity contribution is 0.0697. The Hall–Kier alpha value is -1.83. The molecule has 0 atom stereocenters. The number of unbranched alkanes of at least 4 members (excludes halogenated alkanes) is 2. The van der Waals surface area contributed by atoms with Gasteiger partial charge >= 0.3 is 5.97 Å². The Balaban J connectivity index is 2.64. The molecule has 0 aliphatic rings. The number of fused-ring (bicyclic) bond motifs is 1. The van der Waals surface area contributed by atoms with Gasteiger partial charge in [0, 0.05) is 0 Å². The molecule has 0 saturated heterocycles. The van der Waals surface area contributed by atoms with Gasteiger partial charge < -0.3 is 5.11 Å². The van der Waals surface area contributed by atoms with Gasteiger partial charge in [-0.2, -0.15) is 0 Å². The van der Waals surface area contributed by atoms with Crippen LogP contribution in [0, 0.1) is 0 Å². The summed E-state index contributed by atoms with van der Waals surface area (Å²) in [6.45, 7) is 4.32. The standard InChI is InChI=1S/C19H24O2/c1-3-5-9-14-13-15-10-7-8-12-17(15)18(19(20)21)16(14)11-6-4-2/h7-8,10,12-13H,3-6,9,11H2,1-2H3,(H,20,21). The van der Waals surface area contributed by atoms with Gasteiger partial charge in [0.15, 0.2) is 0 Å². The molecule has 0 amide bonds. The number of carbonyl (C=O) groups is 1. The summed E-state index contributed by atoms with van der Waals surface area (Å²) in [6, 6.07) is 10.0. The lowest BCUT2D eigenvalue weighted by Crippen LogP contribution is -2.08. The first-order chi connectivity index (χ1) is 10.2. The molecular weight excluding hydrogens is 260 g/mol. The first-order valence-corrected chi connectivity index (χ1v) is 7.95. The van der Waals surface area contributed by atoms with Crippen LogP contribution in [0.1, 0.15) is 61.0 Å². The van der Waals surface area contributed by atoms with Crippen LogP contribution in [0.25, 0.3) is 10.8 Å². The van der Waals surface area contributed by atoms with Gasteiger partial charge in [0.1, 0.15) is 0 Å². The number of hydrogen-bond donors (Lipinski definition) is 1. The van der Waals surface area contributed by atoms with Crippen molar-refractivity contribution < 1.29 is 9.90 Å². The maximum absolute atomic E-state index is 11.8. The molecule has 2 aromatic rings. The van der Waals surface area contributed by atoms with Crippen LogP contribution in [-0.2, 0) is 12.8 Å². The summed E-state index contributed by atoms with van der Waals surface area (Å²) < 4.78 is 0. The Morgan fingerprint density at radius 2 is 1.71 bits per heavy atom. The molecule has 2 heteroatoms. The Bertz CT molecular complexity index is 629. The molecule has 2 nitrogen and oxygen atoms in total. The number of carboxylic acids is 1. The molecule has 0 unspecified atom stereocenters. The molecule has 0 bridgehead atoms. The maximum Gasteiger partial charge on any atom is 0.336 e.